The number of pyridine rings is 1. The molecule has 0 aliphatic carbocycles. The molecule has 2 N–H and O–H groups in total. The second kappa shape index (κ2) is 8.09. The zero-order chi connectivity index (χ0) is 19.3. The third-order valence-corrected chi connectivity index (χ3v) is 5.18. The van der Waals surface area contributed by atoms with E-state index in [1.54, 1.807) is 66.5 Å². The lowest BCUT2D eigenvalue weighted by Gasteiger charge is -2.09. The predicted molar refractivity (Wildman–Crippen MR) is 102 cm³/mol. The Morgan fingerprint density at radius 3 is 2.70 bits per heavy atom. The van der Waals surface area contributed by atoms with E-state index in [0.717, 1.165) is 11.1 Å². The number of ether oxygens (including phenoxy) is 1. The number of fused-ring (bicyclic) bond motifs is 1. The number of anilines is 1. The Morgan fingerprint density at radius 2 is 1.96 bits per heavy atom. The fraction of sp³-hybridized carbons (Fsp3) is 0.222. The molecule has 0 aliphatic heterocycles. The molecule has 1 amide bonds. The van der Waals surface area contributed by atoms with E-state index >= 15 is 0 Å². The first kappa shape index (κ1) is 18.7. The maximum Gasteiger partial charge on any atom is 0.234 e. The van der Waals surface area contributed by atoms with Crippen LogP contribution >= 0.6 is 0 Å². The monoisotopic (exact) mass is 388 g/mol. The van der Waals surface area contributed by atoms with E-state index in [-0.39, 0.29) is 24.6 Å². The second-order valence-corrected chi connectivity index (χ2v) is 7.75. The Kier molecular flexibility index (Phi) is 5.60. The van der Waals surface area contributed by atoms with Gasteiger partial charge in [0.1, 0.15) is 5.75 Å². The summed E-state index contributed by atoms with van der Waals surface area (Å²) in [7, 11) is -2.00. The minimum atomic E-state index is -3.57. The molecule has 0 aliphatic rings. The number of rotatable bonds is 8. The highest BCUT2D eigenvalue weighted by Gasteiger charge is 2.12. The number of sulfonamides is 1. The average molecular weight is 388 g/mol. The number of methoxy groups -OCH3 is 1. The number of carbonyl (C=O) groups is 1. The van der Waals surface area contributed by atoms with Crippen LogP contribution in [0.15, 0.2) is 54.9 Å². The summed E-state index contributed by atoms with van der Waals surface area (Å²) in [5, 5.41) is 6.68. The van der Waals surface area contributed by atoms with Gasteiger partial charge in [0, 0.05) is 18.9 Å². The topological polar surface area (TPSA) is 102 Å². The number of nitrogens with one attached hydrogen (secondary N) is 2. The number of benzene rings is 1. The van der Waals surface area contributed by atoms with Gasteiger partial charge in [-0.2, -0.15) is 5.10 Å². The van der Waals surface area contributed by atoms with Crippen molar-refractivity contribution in [1.29, 1.82) is 0 Å². The highest BCUT2D eigenvalue weighted by atomic mass is 32.2. The lowest BCUT2D eigenvalue weighted by atomic mass is 10.1. The third-order valence-electron chi connectivity index (χ3n) is 3.89. The van der Waals surface area contributed by atoms with Crippen molar-refractivity contribution < 1.29 is 17.9 Å². The molecular formula is C18H20N4O4S. The molecule has 8 nitrogen and oxygen atoms in total. The van der Waals surface area contributed by atoms with Crippen molar-refractivity contribution >= 4 is 27.1 Å². The molecule has 0 saturated carbocycles. The smallest absolute Gasteiger partial charge is 0.234 e. The van der Waals surface area contributed by atoms with Crippen molar-refractivity contribution in [2.24, 2.45) is 0 Å². The SMILES string of the molecule is COc1ccc(CC(=O)NCCS(=O)(=O)Nc2ccn3nccc3c2)cc1. The quantitative estimate of drug-likeness (QED) is 0.608. The maximum atomic E-state index is 12.2. The second-order valence-electron chi connectivity index (χ2n) is 5.91. The molecule has 9 heteroatoms. The van der Waals surface area contributed by atoms with Crippen molar-refractivity contribution in [2.75, 3.05) is 24.1 Å². The third kappa shape index (κ3) is 5.20. The lowest BCUT2D eigenvalue weighted by Crippen LogP contribution is -2.32. The lowest BCUT2D eigenvalue weighted by molar-refractivity contribution is -0.120. The van der Waals surface area contributed by atoms with Crippen molar-refractivity contribution in [3.63, 3.8) is 0 Å². The summed E-state index contributed by atoms with van der Waals surface area (Å²) in [6.07, 6.45) is 3.48. The molecule has 0 bridgehead atoms. The number of hydrogen-bond acceptors (Lipinski definition) is 5. The van der Waals surface area contributed by atoms with Crippen LogP contribution in [0.4, 0.5) is 5.69 Å². The van der Waals surface area contributed by atoms with Crippen molar-refractivity contribution in [3.8, 4) is 5.75 Å². The zero-order valence-corrected chi connectivity index (χ0v) is 15.6. The molecule has 0 radical (unpaired) electrons. The molecule has 0 spiro atoms. The highest BCUT2D eigenvalue weighted by molar-refractivity contribution is 7.92. The Balaban J connectivity index is 1.48. The van der Waals surface area contributed by atoms with Crippen LogP contribution in [0.5, 0.6) is 5.75 Å². The summed E-state index contributed by atoms with van der Waals surface area (Å²) in [5.74, 6) is 0.257. The molecule has 0 fully saturated rings. The van der Waals surface area contributed by atoms with Crippen molar-refractivity contribution in [1.82, 2.24) is 14.9 Å². The average Bonchev–Trinajstić information content (AvgIpc) is 3.09. The Morgan fingerprint density at radius 1 is 1.19 bits per heavy atom. The molecule has 3 rings (SSSR count). The molecule has 2 aromatic heterocycles. The number of aromatic nitrogens is 2. The van der Waals surface area contributed by atoms with Gasteiger partial charge in [-0.25, -0.2) is 12.9 Å². The highest BCUT2D eigenvalue weighted by Crippen LogP contribution is 2.13. The van der Waals surface area contributed by atoms with Gasteiger partial charge in [-0.05, 0) is 35.9 Å². The van der Waals surface area contributed by atoms with Crippen LogP contribution in [0.1, 0.15) is 5.56 Å². The molecule has 2 heterocycles. The first-order chi connectivity index (χ1) is 12.9. The molecule has 1 aromatic carbocycles. The summed E-state index contributed by atoms with van der Waals surface area (Å²) in [5.41, 5.74) is 2.05. The van der Waals surface area contributed by atoms with E-state index < -0.39 is 10.0 Å². The van der Waals surface area contributed by atoms with Gasteiger partial charge in [-0.3, -0.25) is 9.52 Å². The van der Waals surface area contributed by atoms with E-state index in [2.05, 4.69) is 15.1 Å². The Hall–Kier alpha value is -3.07. The first-order valence-corrected chi connectivity index (χ1v) is 9.94. The van der Waals surface area contributed by atoms with Crippen LogP contribution in [0, 0.1) is 0 Å². The van der Waals surface area contributed by atoms with Crippen LogP contribution < -0.4 is 14.8 Å². The predicted octanol–water partition coefficient (Wildman–Crippen LogP) is 1.44. The zero-order valence-electron chi connectivity index (χ0n) is 14.8. The first-order valence-electron chi connectivity index (χ1n) is 8.29. The largest absolute Gasteiger partial charge is 0.497 e. The summed E-state index contributed by atoms with van der Waals surface area (Å²) in [6.45, 7) is 0.0270. The maximum absolute atomic E-state index is 12.2. The summed E-state index contributed by atoms with van der Waals surface area (Å²) in [4.78, 5) is 12.0. The van der Waals surface area contributed by atoms with Gasteiger partial charge in [-0.1, -0.05) is 12.1 Å². The fourth-order valence-corrected chi connectivity index (χ4v) is 3.49. The van der Waals surface area contributed by atoms with Gasteiger partial charge in [0.2, 0.25) is 15.9 Å². The molecule has 0 unspecified atom stereocenters. The van der Waals surface area contributed by atoms with E-state index in [1.165, 1.54) is 0 Å². The number of hydrogen-bond donors (Lipinski definition) is 2. The van der Waals surface area contributed by atoms with Gasteiger partial charge in [0.05, 0.1) is 30.5 Å². The van der Waals surface area contributed by atoms with Crippen LogP contribution in [0.2, 0.25) is 0 Å². The normalized spacial score (nSPS) is 11.3. The van der Waals surface area contributed by atoms with Crippen molar-refractivity contribution in [3.05, 3.63) is 60.4 Å². The van der Waals surface area contributed by atoms with Crippen molar-refractivity contribution in [2.45, 2.75) is 6.42 Å². The minimum absolute atomic E-state index is 0.0270. The molecule has 27 heavy (non-hydrogen) atoms. The fourth-order valence-electron chi connectivity index (χ4n) is 2.53. The van der Waals surface area contributed by atoms with E-state index in [9.17, 15) is 13.2 Å². The van der Waals surface area contributed by atoms with Crippen LogP contribution in [0.25, 0.3) is 5.52 Å². The van der Waals surface area contributed by atoms with E-state index in [0.29, 0.717) is 11.4 Å². The van der Waals surface area contributed by atoms with Crippen LogP contribution in [-0.4, -0.2) is 43.3 Å². The van der Waals surface area contributed by atoms with Gasteiger partial charge in [-0.15, -0.1) is 0 Å². The molecule has 0 saturated heterocycles. The molecule has 3 aromatic rings. The summed E-state index contributed by atoms with van der Waals surface area (Å²) >= 11 is 0. The van der Waals surface area contributed by atoms with Gasteiger partial charge in [0.15, 0.2) is 0 Å². The van der Waals surface area contributed by atoms with Gasteiger partial charge in [0.25, 0.3) is 0 Å². The summed E-state index contributed by atoms with van der Waals surface area (Å²) < 4.78 is 33.6. The van der Waals surface area contributed by atoms with E-state index in [1.807, 2.05) is 0 Å². The molecular weight excluding hydrogens is 368 g/mol. The molecule has 0 atom stereocenters. The molecule has 142 valence electrons. The minimum Gasteiger partial charge on any atom is -0.497 e. The number of nitrogens with zero attached hydrogens (tertiary/aromatic N) is 2. The summed E-state index contributed by atoms with van der Waals surface area (Å²) in [6, 6.07) is 12.2. The Bertz CT molecular complexity index is 1030. The van der Waals surface area contributed by atoms with Gasteiger partial charge < -0.3 is 10.1 Å². The van der Waals surface area contributed by atoms with Crippen LogP contribution in [-0.2, 0) is 21.2 Å². The Labute approximate surface area is 157 Å². The number of carbonyl (C=O) groups excluding carboxylic acids is 1. The number of amides is 1. The van der Waals surface area contributed by atoms with Crippen LogP contribution in [0.3, 0.4) is 0 Å². The standard InChI is InChI=1S/C18H20N4O4S/c1-26-17-4-2-14(3-5-17)12-18(23)19-9-11-27(24,25)21-15-7-10-22-16(13-15)6-8-20-22/h2-8,10,13,21H,9,11-12H2,1H3,(H,19,23). The van der Waals surface area contributed by atoms with E-state index in [4.69, 9.17) is 4.74 Å². The van der Waals surface area contributed by atoms with Gasteiger partial charge >= 0.3 is 0 Å².